The zero-order chi connectivity index (χ0) is 10.4. The average Bonchev–Trinajstić information content (AvgIpc) is 1.99. The molecule has 0 aliphatic heterocycles. The van der Waals surface area contributed by atoms with Gasteiger partial charge in [0.05, 0.1) is 0 Å². The Kier molecular flexibility index (Phi) is 5.19. The molecule has 0 saturated heterocycles. The Balaban J connectivity index is 4.20. The highest BCUT2D eigenvalue weighted by atomic mass is 16.6. The maximum Gasteiger partial charge on any atom is 0.410 e. The third-order valence-electron chi connectivity index (χ3n) is 1.65. The number of carbonyl (C=O) groups excluding carboxylic acids is 1. The summed E-state index contributed by atoms with van der Waals surface area (Å²) in [6, 6.07) is 0.328. The largest absolute Gasteiger partial charge is 0.445 e. The fraction of sp³-hybridized carbons (Fsp3) is 0.700. The lowest BCUT2D eigenvalue weighted by Crippen LogP contribution is -2.42. The minimum absolute atomic E-state index is 0.164. The van der Waals surface area contributed by atoms with E-state index in [4.69, 9.17) is 4.74 Å². The van der Waals surface area contributed by atoms with Crippen molar-refractivity contribution in [1.29, 1.82) is 0 Å². The summed E-state index contributed by atoms with van der Waals surface area (Å²) >= 11 is 0. The van der Waals surface area contributed by atoms with Crippen LogP contribution in [0.25, 0.3) is 0 Å². The number of nitrogens with zero attached hydrogens (tertiary/aromatic N) is 1. The molecule has 0 aromatic heterocycles. The van der Waals surface area contributed by atoms with Gasteiger partial charge in [-0.3, -0.25) is 0 Å². The first-order valence-electron chi connectivity index (χ1n) is 4.56. The van der Waals surface area contributed by atoms with Crippen molar-refractivity contribution in [3.8, 4) is 0 Å². The van der Waals surface area contributed by atoms with Crippen LogP contribution in [0.2, 0.25) is 0 Å². The van der Waals surface area contributed by atoms with Crippen molar-refractivity contribution < 1.29 is 9.53 Å². The van der Waals surface area contributed by atoms with Gasteiger partial charge in [0.2, 0.25) is 0 Å². The van der Waals surface area contributed by atoms with Gasteiger partial charge in [0, 0.05) is 12.1 Å². The van der Waals surface area contributed by atoms with Crippen molar-refractivity contribution in [1.82, 2.24) is 4.90 Å². The van der Waals surface area contributed by atoms with E-state index in [1.54, 1.807) is 11.0 Å². The van der Waals surface area contributed by atoms with Crippen molar-refractivity contribution in [3.05, 3.63) is 12.7 Å². The second kappa shape index (κ2) is 5.62. The average molecular weight is 185 g/mol. The lowest BCUT2D eigenvalue weighted by molar-refractivity contribution is 0.0876. The number of rotatable bonds is 4. The van der Waals surface area contributed by atoms with Crippen LogP contribution in [0.3, 0.4) is 0 Å². The molecule has 0 aliphatic rings. The monoisotopic (exact) mass is 185 g/mol. The van der Waals surface area contributed by atoms with Crippen LogP contribution in [-0.4, -0.2) is 29.7 Å². The number of carbonyl (C=O) groups is 1. The summed E-state index contributed by atoms with van der Waals surface area (Å²) in [5.74, 6) is 0. The van der Waals surface area contributed by atoms with E-state index in [1.807, 2.05) is 27.7 Å². The first-order valence-corrected chi connectivity index (χ1v) is 4.56. The van der Waals surface area contributed by atoms with E-state index in [-0.39, 0.29) is 24.8 Å². The van der Waals surface area contributed by atoms with Crippen molar-refractivity contribution in [2.45, 2.75) is 39.8 Å². The molecule has 0 rings (SSSR count). The molecule has 3 heteroatoms. The topological polar surface area (TPSA) is 29.5 Å². The predicted octanol–water partition coefficient (Wildman–Crippen LogP) is 2.43. The van der Waals surface area contributed by atoms with Crippen LogP contribution in [0, 0.1) is 0 Å². The third-order valence-corrected chi connectivity index (χ3v) is 1.65. The van der Waals surface area contributed by atoms with E-state index in [9.17, 15) is 4.79 Å². The smallest absolute Gasteiger partial charge is 0.410 e. The molecular formula is C10H19NO2. The Labute approximate surface area is 80.4 Å². The van der Waals surface area contributed by atoms with Crippen molar-refractivity contribution in [3.63, 3.8) is 0 Å². The van der Waals surface area contributed by atoms with Crippen LogP contribution in [0.1, 0.15) is 27.7 Å². The van der Waals surface area contributed by atoms with Gasteiger partial charge in [-0.15, -0.1) is 0 Å². The first kappa shape index (κ1) is 12.0. The van der Waals surface area contributed by atoms with Gasteiger partial charge in [0.1, 0.15) is 6.61 Å². The zero-order valence-electron chi connectivity index (χ0n) is 8.91. The summed E-state index contributed by atoms with van der Waals surface area (Å²) < 4.78 is 4.94. The summed E-state index contributed by atoms with van der Waals surface area (Å²) in [5.41, 5.74) is 0. The maximum atomic E-state index is 11.4. The number of hydrogen-bond donors (Lipinski definition) is 0. The molecule has 0 N–H and O–H groups in total. The molecule has 0 atom stereocenters. The van der Waals surface area contributed by atoms with Gasteiger partial charge in [0.15, 0.2) is 0 Å². The fourth-order valence-corrected chi connectivity index (χ4v) is 1.22. The molecule has 76 valence electrons. The highest BCUT2D eigenvalue weighted by molar-refractivity contribution is 5.68. The molecule has 0 aromatic rings. The molecule has 0 heterocycles. The zero-order valence-corrected chi connectivity index (χ0v) is 8.91. The Morgan fingerprint density at radius 2 is 1.85 bits per heavy atom. The SMILES string of the molecule is C=CCOC(=O)N(C(C)C)C(C)C. The molecule has 0 spiro atoms. The third kappa shape index (κ3) is 3.97. The Morgan fingerprint density at radius 3 is 2.15 bits per heavy atom. The highest BCUT2D eigenvalue weighted by Crippen LogP contribution is 2.06. The first-order chi connectivity index (χ1) is 6.00. The van der Waals surface area contributed by atoms with E-state index < -0.39 is 0 Å². The molecule has 3 nitrogen and oxygen atoms in total. The van der Waals surface area contributed by atoms with Gasteiger partial charge >= 0.3 is 6.09 Å². The second-order valence-corrected chi connectivity index (χ2v) is 3.46. The Morgan fingerprint density at radius 1 is 1.38 bits per heavy atom. The van der Waals surface area contributed by atoms with E-state index in [1.165, 1.54) is 0 Å². The standard InChI is InChI=1S/C10H19NO2/c1-6-7-13-10(12)11(8(2)3)9(4)5/h6,8-9H,1,7H2,2-5H3. The van der Waals surface area contributed by atoms with Crippen LogP contribution < -0.4 is 0 Å². The van der Waals surface area contributed by atoms with E-state index in [0.29, 0.717) is 0 Å². The minimum atomic E-state index is -0.273. The van der Waals surface area contributed by atoms with Crippen molar-refractivity contribution in [2.24, 2.45) is 0 Å². The number of hydrogen-bond acceptors (Lipinski definition) is 2. The van der Waals surface area contributed by atoms with Crippen LogP contribution in [0.4, 0.5) is 4.79 Å². The quantitative estimate of drug-likeness (QED) is 0.629. The van der Waals surface area contributed by atoms with E-state index in [0.717, 1.165) is 0 Å². The Hall–Kier alpha value is -0.990. The summed E-state index contributed by atoms with van der Waals surface area (Å²) in [6.07, 6.45) is 1.29. The van der Waals surface area contributed by atoms with E-state index in [2.05, 4.69) is 6.58 Å². The molecular weight excluding hydrogens is 166 g/mol. The van der Waals surface area contributed by atoms with Gasteiger partial charge < -0.3 is 9.64 Å². The maximum absolute atomic E-state index is 11.4. The van der Waals surface area contributed by atoms with Crippen molar-refractivity contribution >= 4 is 6.09 Å². The van der Waals surface area contributed by atoms with Gasteiger partial charge in [0.25, 0.3) is 0 Å². The van der Waals surface area contributed by atoms with Gasteiger partial charge in [-0.05, 0) is 27.7 Å². The number of amides is 1. The highest BCUT2D eigenvalue weighted by Gasteiger charge is 2.20. The van der Waals surface area contributed by atoms with Crippen LogP contribution >= 0.6 is 0 Å². The van der Waals surface area contributed by atoms with Crippen LogP contribution in [-0.2, 0) is 4.74 Å². The van der Waals surface area contributed by atoms with Gasteiger partial charge in [-0.1, -0.05) is 12.7 Å². The summed E-state index contributed by atoms with van der Waals surface area (Å²) in [5, 5.41) is 0. The van der Waals surface area contributed by atoms with Crippen LogP contribution in [0.15, 0.2) is 12.7 Å². The molecule has 0 aliphatic carbocycles. The molecule has 0 bridgehead atoms. The lowest BCUT2D eigenvalue weighted by atomic mass is 10.2. The van der Waals surface area contributed by atoms with Crippen molar-refractivity contribution in [2.75, 3.05) is 6.61 Å². The molecule has 1 amide bonds. The normalized spacial score (nSPS) is 10.3. The summed E-state index contributed by atoms with van der Waals surface area (Å²) in [4.78, 5) is 13.1. The predicted molar refractivity (Wildman–Crippen MR) is 53.7 cm³/mol. The molecule has 0 unspecified atom stereocenters. The molecule has 13 heavy (non-hydrogen) atoms. The summed E-state index contributed by atoms with van der Waals surface area (Å²) in [7, 11) is 0. The summed E-state index contributed by atoms with van der Waals surface area (Å²) in [6.45, 7) is 11.6. The van der Waals surface area contributed by atoms with E-state index >= 15 is 0 Å². The fourth-order valence-electron chi connectivity index (χ4n) is 1.22. The molecule has 0 fully saturated rings. The molecule has 0 aromatic carbocycles. The second-order valence-electron chi connectivity index (χ2n) is 3.46. The van der Waals surface area contributed by atoms with Gasteiger partial charge in [-0.2, -0.15) is 0 Å². The van der Waals surface area contributed by atoms with Crippen LogP contribution in [0.5, 0.6) is 0 Å². The molecule has 0 saturated carbocycles. The number of ether oxygens (including phenoxy) is 1. The Bertz CT molecular complexity index is 168. The lowest BCUT2D eigenvalue weighted by Gasteiger charge is -2.29. The molecule has 0 radical (unpaired) electrons. The minimum Gasteiger partial charge on any atom is -0.445 e. The van der Waals surface area contributed by atoms with Gasteiger partial charge in [-0.25, -0.2) is 4.79 Å².